The first-order valence-corrected chi connectivity index (χ1v) is 5.90. The number of benzene rings is 1. The van der Waals surface area contributed by atoms with Crippen LogP contribution in [0.1, 0.15) is 34.3 Å². The van der Waals surface area contributed by atoms with E-state index in [1.165, 1.54) is 24.0 Å². The molecule has 2 aromatic rings. The number of aryl methyl sites for hydroxylation is 2. The van der Waals surface area contributed by atoms with Crippen LogP contribution in [-0.2, 0) is 12.8 Å². The van der Waals surface area contributed by atoms with Crippen LogP contribution in [0.25, 0.3) is 10.9 Å². The summed E-state index contributed by atoms with van der Waals surface area (Å²) in [4.78, 5) is 15.5. The summed E-state index contributed by atoms with van der Waals surface area (Å²) in [5.41, 5.74) is 3.81. The van der Waals surface area contributed by atoms with E-state index in [0.29, 0.717) is 5.56 Å². The van der Waals surface area contributed by atoms with Crippen molar-refractivity contribution in [3.8, 4) is 0 Å². The van der Waals surface area contributed by atoms with Gasteiger partial charge in [0.15, 0.2) is 0 Å². The second kappa shape index (κ2) is 3.84. The zero-order valence-electron chi connectivity index (χ0n) is 9.44. The third-order valence-corrected chi connectivity index (χ3v) is 3.47. The zero-order valence-corrected chi connectivity index (χ0v) is 9.44. The van der Waals surface area contributed by atoms with Crippen LogP contribution in [0.2, 0.25) is 0 Å². The maximum atomic E-state index is 11.2. The maximum absolute atomic E-state index is 11.2. The lowest BCUT2D eigenvalue weighted by Crippen LogP contribution is -2.06. The number of hydrogen-bond donors (Lipinski definition) is 1. The third kappa shape index (κ3) is 1.58. The zero-order chi connectivity index (χ0) is 11.8. The van der Waals surface area contributed by atoms with Crippen LogP contribution in [0.5, 0.6) is 0 Å². The highest BCUT2D eigenvalue weighted by atomic mass is 16.4. The molecule has 86 valence electrons. The standard InChI is InChI=1S/C14H13NO2/c16-14(17)12-7-8-15-13-10-4-2-1-3-9(10)5-6-11(12)13/h5-8H,1-4H2,(H,16,17). The Kier molecular flexibility index (Phi) is 2.32. The van der Waals surface area contributed by atoms with Crippen LogP contribution in [0.15, 0.2) is 24.4 Å². The molecule has 3 nitrogen and oxygen atoms in total. The van der Waals surface area contributed by atoms with E-state index < -0.39 is 5.97 Å². The van der Waals surface area contributed by atoms with Crippen molar-refractivity contribution in [3.63, 3.8) is 0 Å². The van der Waals surface area contributed by atoms with Gasteiger partial charge in [-0.05, 0) is 42.9 Å². The lowest BCUT2D eigenvalue weighted by atomic mass is 9.89. The maximum Gasteiger partial charge on any atom is 0.336 e. The summed E-state index contributed by atoms with van der Waals surface area (Å²) in [6, 6.07) is 5.53. The minimum atomic E-state index is -0.881. The molecule has 0 radical (unpaired) electrons. The van der Waals surface area contributed by atoms with Crippen LogP contribution in [0.4, 0.5) is 0 Å². The number of hydrogen-bond acceptors (Lipinski definition) is 2. The summed E-state index contributed by atoms with van der Waals surface area (Å²) in [6.07, 6.45) is 6.09. The molecule has 0 unspecified atom stereocenters. The van der Waals surface area contributed by atoms with Gasteiger partial charge < -0.3 is 5.11 Å². The van der Waals surface area contributed by atoms with Gasteiger partial charge in [0.1, 0.15) is 0 Å². The molecule has 1 aliphatic carbocycles. The SMILES string of the molecule is O=C(O)c1ccnc2c3c(ccc12)CCCC3. The van der Waals surface area contributed by atoms with Crippen molar-refractivity contribution in [1.29, 1.82) is 0 Å². The molecule has 0 saturated heterocycles. The Balaban J connectivity index is 2.34. The molecule has 0 spiro atoms. The Bertz CT molecular complexity index is 604. The second-order valence-electron chi connectivity index (χ2n) is 4.47. The molecule has 3 heteroatoms. The number of aromatic carboxylic acids is 1. The Labute approximate surface area is 99.1 Å². The number of carboxylic acids is 1. The molecule has 0 fully saturated rings. The second-order valence-corrected chi connectivity index (χ2v) is 4.47. The van der Waals surface area contributed by atoms with Crippen LogP contribution in [0, 0.1) is 0 Å². The van der Waals surface area contributed by atoms with E-state index in [0.717, 1.165) is 23.7 Å². The van der Waals surface area contributed by atoms with Gasteiger partial charge in [0.2, 0.25) is 0 Å². The third-order valence-electron chi connectivity index (χ3n) is 3.47. The van der Waals surface area contributed by atoms with E-state index in [4.69, 9.17) is 5.11 Å². The lowest BCUT2D eigenvalue weighted by molar-refractivity contribution is 0.0699. The number of nitrogens with zero attached hydrogens (tertiary/aromatic N) is 1. The smallest absolute Gasteiger partial charge is 0.336 e. The molecular weight excluding hydrogens is 214 g/mol. The lowest BCUT2D eigenvalue weighted by Gasteiger charge is -2.17. The average molecular weight is 227 g/mol. The van der Waals surface area contributed by atoms with Gasteiger partial charge in [-0.15, -0.1) is 0 Å². The monoisotopic (exact) mass is 227 g/mol. The van der Waals surface area contributed by atoms with Crippen molar-refractivity contribution in [2.24, 2.45) is 0 Å². The van der Waals surface area contributed by atoms with Crippen molar-refractivity contribution >= 4 is 16.9 Å². The Hall–Kier alpha value is -1.90. The van der Waals surface area contributed by atoms with E-state index in [2.05, 4.69) is 11.1 Å². The number of carbonyl (C=O) groups is 1. The number of carboxylic acid groups (broad SMARTS) is 1. The summed E-state index contributed by atoms with van der Waals surface area (Å²) in [7, 11) is 0. The van der Waals surface area contributed by atoms with E-state index in [-0.39, 0.29) is 0 Å². The highest BCUT2D eigenvalue weighted by Crippen LogP contribution is 2.29. The Morgan fingerprint density at radius 1 is 1.18 bits per heavy atom. The minimum Gasteiger partial charge on any atom is -0.478 e. The van der Waals surface area contributed by atoms with Gasteiger partial charge >= 0.3 is 5.97 Å². The molecule has 1 N–H and O–H groups in total. The van der Waals surface area contributed by atoms with Crippen LogP contribution < -0.4 is 0 Å². The van der Waals surface area contributed by atoms with Gasteiger partial charge in [-0.25, -0.2) is 4.79 Å². The molecule has 0 atom stereocenters. The molecule has 3 rings (SSSR count). The highest BCUT2D eigenvalue weighted by molar-refractivity contribution is 6.03. The summed E-state index contributed by atoms with van der Waals surface area (Å²) in [5.74, 6) is -0.881. The van der Waals surface area contributed by atoms with Crippen molar-refractivity contribution in [3.05, 3.63) is 41.1 Å². The Morgan fingerprint density at radius 3 is 2.82 bits per heavy atom. The van der Waals surface area contributed by atoms with Gasteiger partial charge in [0.05, 0.1) is 11.1 Å². The van der Waals surface area contributed by atoms with Crippen molar-refractivity contribution in [2.45, 2.75) is 25.7 Å². The fourth-order valence-corrected chi connectivity index (χ4v) is 2.64. The van der Waals surface area contributed by atoms with Gasteiger partial charge in [-0.3, -0.25) is 4.98 Å². The molecule has 1 heterocycles. The summed E-state index contributed by atoms with van der Waals surface area (Å²) < 4.78 is 0. The number of rotatable bonds is 1. The Morgan fingerprint density at radius 2 is 2.00 bits per heavy atom. The largest absolute Gasteiger partial charge is 0.478 e. The summed E-state index contributed by atoms with van der Waals surface area (Å²) in [6.45, 7) is 0. The topological polar surface area (TPSA) is 50.2 Å². The van der Waals surface area contributed by atoms with E-state index in [9.17, 15) is 4.79 Å². The molecule has 0 bridgehead atoms. The predicted octanol–water partition coefficient (Wildman–Crippen LogP) is 2.81. The normalized spacial score (nSPS) is 14.6. The first kappa shape index (κ1) is 10.3. The van der Waals surface area contributed by atoms with Crippen molar-refractivity contribution in [2.75, 3.05) is 0 Å². The fourth-order valence-electron chi connectivity index (χ4n) is 2.64. The van der Waals surface area contributed by atoms with Gasteiger partial charge in [-0.2, -0.15) is 0 Å². The fraction of sp³-hybridized carbons (Fsp3) is 0.286. The molecule has 0 saturated carbocycles. The number of pyridine rings is 1. The molecule has 1 aromatic heterocycles. The molecule has 1 aliphatic rings. The van der Waals surface area contributed by atoms with Crippen LogP contribution in [0.3, 0.4) is 0 Å². The number of fused-ring (bicyclic) bond motifs is 3. The predicted molar refractivity (Wildman–Crippen MR) is 65.3 cm³/mol. The summed E-state index contributed by atoms with van der Waals surface area (Å²) in [5, 5.41) is 9.92. The number of aromatic nitrogens is 1. The van der Waals surface area contributed by atoms with Crippen LogP contribution >= 0.6 is 0 Å². The first-order chi connectivity index (χ1) is 8.27. The molecule has 0 aliphatic heterocycles. The minimum absolute atomic E-state index is 0.350. The van der Waals surface area contributed by atoms with Gasteiger partial charge in [-0.1, -0.05) is 12.1 Å². The summed E-state index contributed by atoms with van der Waals surface area (Å²) >= 11 is 0. The quantitative estimate of drug-likeness (QED) is 0.815. The van der Waals surface area contributed by atoms with E-state index in [1.807, 2.05) is 6.07 Å². The van der Waals surface area contributed by atoms with E-state index in [1.54, 1.807) is 12.3 Å². The van der Waals surface area contributed by atoms with Crippen molar-refractivity contribution in [1.82, 2.24) is 4.98 Å². The molecule has 0 amide bonds. The van der Waals surface area contributed by atoms with Gasteiger partial charge in [0.25, 0.3) is 0 Å². The highest BCUT2D eigenvalue weighted by Gasteiger charge is 2.16. The van der Waals surface area contributed by atoms with Crippen molar-refractivity contribution < 1.29 is 9.90 Å². The molecule has 17 heavy (non-hydrogen) atoms. The molecular formula is C14H13NO2. The molecule has 1 aromatic carbocycles. The van der Waals surface area contributed by atoms with Gasteiger partial charge in [0, 0.05) is 11.6 Å². The van der Waals surface area contributed by atoms with E-state index >= 15 is 0 Å². The average Bonchev–Trinajstić information content (AvgIpc) is 2.37. The first-order valence-electron chi connectivity index (χ1n) is 5.90. The van der Waals surface area contributed by atoms with Crippen LogP contribution in [-0.4, -0.2) is 16.1 Å².